The molecule has 134 valence electrons. The van der Waals surface area contributed by atoms with Crippen LogP contribution in [0.25, 0.3) is 10.9 Å². The molecule has 0 aliphatic rings. The van der Waals surface area contributed by atoms with Crippen molar-refractivity contribution in [3.63, 3.8) is 0 Å². The highest BCUT2D eigenvalue weighted by Gasteiger charge is 2.19. The minimum absolute atomic E-state index is 0.0189. The van der Waals surface area contributed by atoms with Crippen LogP contribution in [0.3, 0.4) is 0 Å². The Morgan fingerprint density at radius 2 is 2.08 bits per heavy atom. The zero-order chi connectivity index (χ0) is 18.6. The highest BCUT2D eigenvalue weighted by molar-refractivity contribution is 5.79. The SMILES string of the molecule is CC(C)(C)OC(=O)NC/C(=C\F)C(O)c1ccc2[nH]c(=O)ccc2c1. The maximum atomic E-state index is 13.2. The maximum absolute atomic E-state index is 13.2. The number of H-pyrrole nitrogens is 1. The van der Waals surface area contributed by atoms with Crippen LogP contribution in [0.2, 0.25) is 0 Å². The first kappa shape index (κ1) is 18.7. The molecule has 2 rings (SSSR count). The number of aromatic nitrogens is 1. The molecule has 2 aromatic rings. The molecule has 0 saturated heterocycles. The number of pyridine rings is 1. The third-order valence-corrected chi connectivity index (χ3v) is 3.39. The van der Waals surface area contributed by atoms with Crippen molar-refractivity contribution in [2.75, 3.05) is 6.54 Å². The second-order valence-corrected chi connectivity index (χ2v) is 6.61. The summed E-state index contributed by atoms with van der Waals surface area (Å²) in [7, 11) is 0. The van der Waals surface area contributed by atoms with Gasteiger partial charge < -0.3 is 20.1 Å². The van der Waals surface area contributed by atoms with E-state index in [1.165, 1.54) is 6.07 Å². The van der Waals surface area contributed by atoms with Crippen LogP contribution in [0.5, 0.6) is 0 Å². The first-order chi connectivity index (χ1) is 11.7. The van der Waals surface area contributed by atoms with Crippen molar-refractivity contribution in [2.24, 2.45) is 0 Å². The summed E-state index contributed by atoms with van der Waals surface area (Å²) >= 11 is 0. The van der Waals surface area contributed by atoms with Crippen LogP contribution in [0, 0.1) is 0 Å². The molecular weight excluding hydrogens is 327 g/mol. The van der Waals surface area contributed by atoms with Gasteiger partial charge in [-0.15, -0.1) is 0 Å². The van der Waals surface area contributed by atoms with Gasteiger partial charge in [0.05, 0.1) is 6.33 Å². The molecule has 0 aliphatic carbocycles. The number of aliphatic hydroxyl groups is 1. The lowest BCUT2D eigenvalue weighted by molar-refractivity contribution is 0.0529. The van der Waals surface area contributed by atoms with E-state index in [2.05, 4.69) is 10.3 Å². The number of hydrogen-bond acceptors (Lipinski definition) is 4. The van der Waals surface area contributed by atoms with Crippen molar-refractivity contribution in [2.45, 2.75) is 32.5 Å². The normalized spacial score (nSPS) is 13.6. The Morgan fingerprint density at radius 1 is 1.36 bits per heavy atom. The van der Waals surface area contributed by atoms with Gasteiger partial charge in [-0.3, -0.25) is 4.79 Å². The van der Waals surface area contributed by atoms with Gasteiger partial charge in [0.1, 0.15) is 11.7 Å². The fourth-order valence-electron chi connectivity index (χ4n) is 2.24. The molecule has 6 nitrogen and oxygen atoms in total. The Labute approximate surface area is 144 Å². The summed E-state index contributed by atoms with van der Waals surface area (Å²) < 4.78 is 18.3. The molecule has 25 heavy (non-hydrogen) atoms. The monoisotopic (exact) mass is 348 g/mol. The lowest BCUT2D eigenvalue weighted by Crippen LogP contribution is -2.34. The van der Waals surface area contributed by atoms with E-state index in [-0.39, 0.29) is 24.0 Å². The van der Waals surface area contributed by atoms with Gasteiger partial charge >= 0.3 is 6.09 Å². The van der Waals surface area contributed by atoms with E-state index < -0.39 is 17.8 Å². The number of benzene rings is 1. The lowest BCUT2D eigenvalue weighted by Gasteiger charge is -2.21. The molecule has 3 N–H and O–H groups in total. The second kappa shape index (κ2) is 7.48. The largest absolute Gasteiger partial charge is 0.444 e. The van der Waals surface area contributed by atoms with Crippen LogP contribution in [0.4, 0.5) is 9.18 Å². The Kier molecular flexibility index (Phi) is 5.58. The first-order valence-electron chi connectivity index (χ1n) is 7.76. The van der Waals surface area contributed by atoms with Crippen molar-refractivity contribution in [3.05, 3.63) is 58.2 Å². The summed E-state index contributed by atoms with van der Waals surface area (Å²) in [6, 6.07) is 7.84. The molecule has 0 spiro atoms. The predicted octanol–water partition coefficient (Wildman–Crippen LogP) is 2.94. The van der Waals surface area contributed by atoms with Crippen molar-refractivity contribution >= 4 is 17.0 Å². The molecule has 0 aliphatic heterocycles. The quantitative estimate of drug-likeness (QED) is 0.792. The molecule has 1 unspecified atom stereocenters. The van der Waals surface area contributed by atoms with Crippen LogP contribution >= 0.6 is 0 Å². The van der Waals surface area contributed by atoms with Gasteiger partial charge in [0, 0.05) is 23.7 Å². The van der Waals surface area contributed by atoms with Gasteiger partial charge in [0.2, 0.25) is 5.56 Å². The smallest absolute Gasteiger partial charge is 0.407 e. The second-order valence-electron chi connectivity index (χ2n) is 6.61. The zero-order valence-corrected chi connectivity index (χ0v) is 14.3. The van der Waals surface area contributed by atoms with E-state index in [1.54, 1.807) is 45.0 Å². The molecular formula is C18H21FN2O4. The highest BCUT2D eigenvalue weighted by atomic mass is 19.1. The number of carbonyl (C=O) groups is 1. The lowest BCUT2D eigenvalue weighted by atomic mass is 10.0. The van der Waals surface area contributed by atoms with E-state index in [4.69, 9.17) is 4.74 Å². The van der Waals surface area contributed by atoms with Crippen LogP contribution in [-0.4, -0.2) is 28.3 Å². The number of halogens is 1. The van der Waals surface area contributed by atoms with Gasteiger partial charge in [0.25, 0.3) is 0 Å². The van der Waals surface area contributed by atoms with Crippen LogP contribution in [0.1, 0.15) is 32.4 Å². The number of nitrogens with one attached hydrogen (secondary N) is 2. The molecule has 0 saturated carbocycles. The first-order valence-corrected chi connectivity index (χ1v) is 7.76. The van der Waals surface area contributed by atoms with Crippen LogP contribution in [-0.2, 0) is 4.74 Å². The van der Waals surface area contributed by atoms with Crippen LogP contribution < -0.4 is 10.9 Å². The van der Waals surface area contributed by atoms with Crippen molar-refractivity contribution in [3.8, 4) is 0 Å². The van der Waals surface area contributed by atoms with E-state index in [9.17, 15) is 19.1 Å². The van der Waals surface area contributed by atoms with Crippen LogP contribution in [0.15, 0.2) is 47.0 Å². The molecule has 0 radical (unpaired) electrons. The number of alkyl carbamates (subject to hydrolysis) is 1. The van der Waals surface area contributed by atoms with Gasteiger partial charge in [-0.1, -0.05) is 6.07 Å². The molecule has 1 aromatic heterocycles. The number of aliphatic hydroxyl groups excluding tert-OH is 1. The van der Waals surface area contributed by atoms with E-state index in [0.29, 0.717) is 16.5 Å². The Bertz CT molecular complexity index is 852. The van der Waals surface area contributed by atoms with Crippen molar-refractivity contribution in [1.82, 2.24) is 10.3 Å². The molecule has 7 heteroatoms. The fraction of sp³-hybridized carbons (Fsp3) is 0.333. The molecule has 1 atom stereocenters. The Morgan fingerprint density at radius 3 is 2.72 bits per heavy atom. The standard InChI is InChI=1S/C18H21FN2O4/c1-18(2,3)25-17(24)20-10-13(9-19)16(23)12-4-6-14-11(8-12)5-7-15(22)21-14/h4-9,16,23H,10H2,1-3H3,(H,20,24)(H,21,22)/b13-9+. The molecule has 1 heterocycles. The van der Waals surface area contributed by atoms with Gasteiger partial charge in [0.15, 0.2) is 0 Å². The topological polar surface area (TPSA) is 91.4 Å². The summed E-state index contributed by atoms with van der Waals surface area (Å²) in [6.45, 7) is 4.95. The van der Waals surface area contributed by atoms with E-state index in [0.717, 1.165) is 0 Å². The number of carbonyl (C=O) groups excluding carboxylic acids is 1. The third-order valence-electron chi connectivity index (χ3n) is 3.39. The van der Waals surface area contributed by atoms with Gasteiger partial charge in [-0.25, -0.2) is 9.18 Å². The Balaban J connectivity index is 2.11. The van der Waals surface area contributed by atoms with Crippen molar-refractivity contribution < 1.29 is 19.0 Å². The number of hydrogen-bond donors (Lipinski definition) is 3. The summed E-state index contributed by atoms with van der Waals surface area (Å²) in [6.07, 6.45) is -1.68. The maximum Gasteiger partial charge on any atom is 0.407 e. The van der Waals surface area contributed by atoms with Gasteiger partial charge in [-0.2, -0.15) is 0 Å². The van der Waals surface area contributed by atoms with E-state index >= 15 is 0 Å². The van der Waals surface area contributed by atoms with Gasteiger partial charge in [-0.05, 0) is 49.9 Å². The number of fused-ring (bicyclic) bond motifs is 1. The average Bonchev–Trinajstić information content (AvgIpc) is 2.53. The zero-order valence-electron chi connectivity index (χ0n) is 14.3. The molecule has 0 bridgehead atoms. The van der Waals surface area contributed by atoms with E-state index in [1.807, 2.05) is 0 Å². The minimum Gasteiger partial charge on any atom is -0.444 e. The highest BCUT2D eigenvalue weighted by Crippen LogP contribution is 2.24. The summed E-state index contributed by atoms with van der Waals surface area (Å²) in [4.78, 5) is 25.6. The number of ether oxygens (including phenoxy) is 1. The average molecular weight is 348 g/mol. The number of aromatic amines is 1. The minimum atomic E-state index is -1.24. The Hall–Kier alpha value is -2.67. The third kappa shape index (κ3) is 5.15. The summed E-state index contributed by atoms with van der Waals surface area (Å²) in [5.74, 6) is 0. The number of amides is 1. The molecule has 0 fully saturated rings. The predicted molar refractivity (Wildman–Crippen MR) is 93.0 cm³/mol. The summed E-state index contributed by atoms with van der Waals surface area (Å²) in [5.41, 5.74) is 0.134. The summed E-state index contributed by atoms with van der Waals surface area (Å²) in [5, 5.41) is 13.5. The fourth-order valence-corrected chi connectivity index (χ4v) is 2.24. The van der Waals surface area contributed by atoms with Crippen molar-refractivity contribution in [1.29, 1.82) is 0 Å². The molecule has 1 amide bonds. The molecule has 1 aromatic carbocycles. The number of rotatable bonds is 4.